The molecule has 0 unspecified atom stereocenters. The number of rotatable bonds is 8. The number of ether oxygens (including phenoxy) is 3. The zero-order valence-corrected chi connectivity index (χ0v) is 16.1. The lowest BCUT2D eigenvalue weighted by Crippen LogP contribution is -2.21. The topological polar surface area (TPSA) is 103 Å². The summed E-state index contributed by atoms with van der Waals surface area (Å²) in [6.07, 6.45) is 0. The van der Waals surface area contributed by atoms with E-state index in [1.807, 2.05) is 0 Å². The first kappa shape index (κ1) is 20.8. The zero-order chi connectivity index (χ0) is 20.7. The Morgan fingerprint density at radius 2 is 1.57 bits per heavy atom. The molecule has 0 aliphatic carbocycles. The van der Waals surface area contributed by atoms with E-state index in [2.05, 4.69) is 10.6 Å². The quantitative estimate of drug-likeness (QED) is 0.676. The Morgan fingerprint density at radius 1 is 0.857 bits per heavy atom. The molecular weight excluding hydrogens is 364 g/mol. The maximum absolute atomic E-state index is 12.2. The predicted octanol–water partition coefficient (Wildman–Crippen LogP) is 2.88. The highest BCUT2D eigenvalue weighted by Crippen LogP contribution is 2.30. The number of anilines is 2. The van der Waals surface area contributed by atoms with Gasteiger partial charge in [-0.1, -0.05) is 0 Å². The molecule has 0 heterocycles. The molecule has 0 saturated carbocycles. The summed E-state index contributed by atoms with van der Waals surface area (Å²) in [5.41, 5.74) is 1.28. The highest BCUT2D eigenvalue weighted by molar-refractivity contribution is 5.97. The van der Waals surface area contributed by atoms with Gasteiger partial charge >= 0.3 is 0 Å². The molecule has 0 radical (unpaired) electrons. The second-order valence-corrected chi connectivity index (χ2v) is 5.85. The normalized spacial score (nSPS) is 10.0. The van der Waals surface area contributed by atoms with Gasteiger partial charge in [-0.15, -0.1) is 0 Å². The van der Waals surface area contributed by atoms with Crippen molar-refractivity contribution < 1.29 is 28.6 Å². The average Bonchev–Trinajstić information content (AvgIpc) is 2.66. The summed E-state index contributed by atoms with van der Waals surface area (Å²) >= 11 is 0. The highest BCUT2D eigenvalue weighted by atomic mass is 16.5. The van der Waals surface area contributed by atoms with Crippen LogP contribution in [-0.2, 0) is 9.59 Å². The van der Waals surface area contributed by atoms with Crippen molar-refractivity contribution in [2.24, 2.45) is 0 Å². The van der Waals surface area contributed by atoms with Gasteiger partial charge in [-0.3, -0.25) is 14.4 Å². The number of Topliss-reactive ketones (excluding diaryl/α,β-unsaturated/α-hetero) is 1. The van der Waals surface area contributed by atoms with Crippen molar-refractivity contribution in [1.82, 2.24) is 0 Å². The third kappa shape index (κ3) is 5.47. The number of methoxy groups -OCH3 is 2. The maximum atomic E-state index is 12.2. The van der Waals surface area contributed by atoms with Gasteiger partial charge < -0.3 is 24.8 Å². The summed E-state index contributed by atoms with van der Waals surface area (Å²) < 4.78 is 15.9. The van der Waals surface area contributed by atoms with E-state index in [1.54, 1.807) is 30.3 Å². The van der Waals surface area contributed by atoms with Crippen molar-refractivity contribution in [3.05, 3.63) is 42.0 Å². The number of hydrogen-bond donors (Lipinski definition) is 2. The lowest BCUT2D eigenvalue weighted by Gasteiger charge is -2.14. The summed E-state index contributed by atoms with van der Waals surface area (Å²) in [4.78, 5) is 35.1. The van der Waals surface area contributed by atoms with Crippen LogP contribution in [0.3, 0.4) is 0 Å². The molecule has 0 bridgehead atoms. The van der Waals surface area contributed by atoms with Gasteiger partial charge in [-0.25, -0.2) is 0 Å². The van der Waals surface area contributed by atoms with Gasteiger partial charge in [0.05, 0.1) is 19.9 Å². The first-order valence-corrected chi connectivity index (χ1v) is 8.41. The van der Waals surface area contributed by atoms with Crippen LogP contribution < -0.4 is 24.8 Å². The third-order valence-electron chi connectivity index (χ3n) is 3.72. The van der Waals surface area contributed by atoms with Crippen LogP contribution in [0.25, 0.3) is 0 Å². The van der Waals surface area contributed by atoms with Gasteiger partial charge in [0.15, 0.2) is 23.9 Å². The molecule has 2 N–H and O–H groups in total. The van der Waals surface area contributed by atoms with Gasteiger partial charge in [-0.05, 0) is 37.3 Å². The molecule has 8 nitrogen and oxygen atoms in total. The van der Waals surface area contributed by atoms with E-state index in [4.69, 9.17) is 14.2 Å². The Morgan fingerprint density at radius 3 is 2.18 bits per heavy atom. The molecule has 28 heavy (non-hydrogen) atoms. The molecule has 0 saturated heterocycles. The van der Waals surface area contributed by atoms with Crippen molar-refractivity contribution in [2.75, 3.05) is 31.5 Å². The third-order valence-corrected chi connectivity index (χ3v) is 3.72. The SMILES string of the molecule is COc1ccc(NC(=O)COc2cc(C(C)=O)ccc2NC(C)=O)cc1OC. The smallest absolute Gasteiger partial charge is 0.262 e. The monoisotopic (exact) mass is 386 g/mol. The van der Waals surface area contributed by atoms with Crippen molar-refractivity contribution in [3.63, 3.8) is 0 Å². The largest absolute Gasteiger partial charge is 0.493 e. The molecular formula is C20H22N2O6. The molecule has 0 atom stereocenters. The Kier molecular flexibility index (Phi) is 6.97. The van der Waals surface area contributed by atoms with E-state index in [9.17, 15) is 14.4 Å². The Hall–Kier alpha value is -3.55. The molecule has 0 fully saturated rings. The fourth-order valence-electron chi connectivity index (χ4n) is 2.41. The van der Waals surface area contributed by atoms with E-state index in [1.165, 1.54) is 34.1 Å². The summed E-state index contributed by atoms with van der Waals surface area (Å²) in [6, 6.07) is 9.57. The lowest BCUT2D eigenvalue weighted by atomic mass is 10.1. The van der Waals surface area contributed by atoms with Gasteiger partial charge in [0.2, 0.25) is 5.91 Å². The summed E-state index contributed by atoms with van der Waals surface area (Å²) in [5, 5.41) is 5.29. The Balaban J connectivity index is 2.10. The van der Waals surface area contributed by atoms with Crippen LogP contribution in [0.4, 0.5) is 11.4 Å². The van der Waals surface area contributed by atoms with Gasteiger partial charge in [-0.2, -0.15) is 0 Å². The van der Waals surface area contributed by atoms with Crippen LogP contribution in [-0.4, -0.2) is 38.4 Å². The van der Waals surface area contributed by atoms with Crippen LogP contribution in [0.5, 0.6) is 17.2 Å². The van der Waals surface area contributed by atoms with Crippen LogP contribution in [0.15, 0.2) is 36.4 Å². The molecule has 2 aromatic carbocycles. The molecule has 148 valence electrons. The number of ketones is 1. The summed E-state index contributed by atoms with van der Waals surface area (Å²) in [6.45, 7) is 2.45. The molecule has 0 aromatic heterocycles. The molecule has 2 amide bonds. The van der Waals surface area contributed by atoms with Gasteiger partial charge in [0, 0.05) is 24.2 Å². The fourth-order valence-corrected chi connectivity index (χ4v) is 2.41. The number of benzene rings is 2. The van der Waals surface area contributed by atoms with Gasteiger partial charge in [0.1, 0.15) is 5.75 Å². The van der Waals surface area contributed by atoms with Crippen molar-refractivity contribution >= 4 is 29.0 Å². The first-order valence-electron chi connectivity index (χ1n) is 8.41. The van der Waals surface area contributed by atoms with Crippen LogP contribution in [0.2, 0.25) is 0 Å². The van der Waals surface area contributed by atoms with E-state index < -0.39 is 5.91 Å². The van der Waals surface area contributed by atoms with E-state index >= 15 is 0 Å². The van der Waals surface area contributed by atoms with Crippen molar-refractivity contribution in [2.45, 2.75) is 13.8 Å². The summed E-state index contributed by atoms with van der Waals surface area (Å²) in [5.74, 6) is 0.366. The molecule has 0 aliphatic rings. The van der Waals surface area contributed by atoms with Gasteiger partial charge in [0.25, 0.3) is 5.91 Å². The minimum absolute atomic E-state index is 0.158. The predicted molar refractivity (Wildman–Crippen MR) is 104 cm³/mol. The number of nitrogens with one attached hydrogen (secondary N) is 2. The molecule has 0 spiro atoms. The van der Waals surface area contributed by atoms with E-state index in [0.29, 0.717) is 28.4 Å². The number of amides is 2. The molecule has 0 aliphatic heterocycles. The molecule has 2 aromatic rings. The first-order chi connectivity index (χ1) is 13.3. The van der Waals surface area contributed by atoms with Crippen molar-refractivity contribution in [3.8, 4) is 17.2 Å². The minimum Gasteiger partial charge on any atom is -0.493 e. The Labute approximate surface area is 162 Å². The lowest BCUT2D eigenvalue weighted by molar-refractivity contribution is -0.118. The average molecular weight is 386 g/mol. The summed E-state index contributed by atoms with van der Waals surface area (Å²) in [7, 11) is 3.02. The fraction of sp³-hybridized carbons (Fsp3) is 0.250. The second kappa shape index (κ2) is 9.40. The second-order valence-electron chi connectivity index (χ2n) is 5.85. The van der Waals surface area contributed by atoms with E-state index in [-0.39, 0.29) is 24.0 Å². The minimum atomic E-state index is -0.422. The standard InChI is InChI=1S/C20H22N2O6/c1-12(23)14-5-7-16(21-13(2)24)18(9-14)28-11-20(25)22-15-6-8-17(26-3)19(10-15)27-4/h5-10H,11H2,1-4H3,(H,21,24)(H,22,25). The molecule has 8 heteroatoms. The van der Waals surface area contributed by atoms with Crippen molar-refractivity contribution in [1.29, 1.82) is 0 Å². The Bertz CT molecular complexity index is 894. The number of hydrogen-bond acceptors (Lipinski definition) is 6. The van der Waals surface area contributed by atoms with Crippen LogP contribution in [0.1, 0.15) is 24.2 Å². The van der Waals surface area contributed by atoms with Crippen LogP contribution >= 0.6 is 0 Å². The molecule has 2 rings (SSSR count). The highest BCUT2D eigenvalue weighted by Gasteiger charge is 2.12. The zero-order valence-electron chi connectivity index (χ0n) is 16.1. The number of carbonyl (C=O) groups excluding carboxylic acids is 3. The van der Waals surface area contributed by atoms with E-state index in [0.717, 1.165) is 0 Å². The van der Waals surface area contributed by atoms with Crippen LogP contribution in [0, 0.1) is 0 Å². The number of carbonyl (C=O) groups is 3. The maximum Gasteiger partial charge on any atom is 0.262 e.